The Morgan fingerprint density at radius 2 is 1.97 bits per heavy atom. The van der Waals surface area contributed by atoms with E-state index in [1.807, 2.05) is 31.2 Å². The molecule has 5 aromatic rings. The van der Waals surface area contributed by atoms with E-state index in [-0.39, 0.29) is 17.9 Å². The molecule has 0 amide bonds. The number of phenolic OH excluding ortho intramolecular Hbond substituents is 1. The molecule has 0 spiro atoms. The van der Waals surface area contributed by atoms with Gasteiger partial charge in [-0.1, -0.05) is 12.1 Å². The van der Waals surface area contributed by atoms with E-state index in [4.69, 9.17) is 14.1 Å². The number of hydrogen-bond donors (Lipinski definition) is 1. The number of methoxy groups -OCH3 is 1. The van der Waals surface area contributed by atoms with Gasteiger partial charge in [0.05, 0.1) is 29.9 Å². The maximum Gasteiger partial charge on any atom is 0.263 e. The number of phenols is 1. The minimum absolute atomic E-state index is 0.147. The lowest BCUT2D eigenvalue weighted by atomic mass is 10.0. The number of rotatable bonds is 6. The number of fused-ring (bicyclic) bond motifs is 3. The van der Waals surface area contributed by atoms with Crippen LogP contribution in [0, 0.1) is 6.92 Å². The smallest absolute Gasteiger partial charge is 0.263 e. The SMILES string of the molecule is COc1ccc(-c2nc3sc4c(O)c(C)ccc4c3c(=O)n2Cc2cnc(C3CC3)o2)c(C2CC2)c1. The lowest BCUT2D eigenvalue weighted by Gasteiger charge is -2.15. The molecule has 36 heavy (non-hydrogen) atoms. The van der Waals surface area contributed by atoms with Gasteiger partial charge in [-0.05, 0) is 67.9 Å². The average Bonchev–Trinajstić information content (AvgIpc) is 3.82. The molecule has 182 valence electrons. The molecule has 3 heterocycles. The van der Waals surface area contributed by atoms with Crippen molar-refractivity contribution >= 4 is 31.6 Å². The van der Waals surface area contributed by atoms with Crippen LogP contribution in [0.2, 0.25) is 0 Å². The quantitative estimate of drug-likeness (QED) is 0.304. The lowest BCUT2D eigenvalue weighted by molar-refractivity contribution is 0.414. The number of thiophene rings is 1. The Morgan fingerprint density at radius 1 is 1.17 bits per heavy atom. The highest BCUT2D eigenvalue weighted by Crippen LogP contribution is 2.46. The normalized spacial score (nSPS) is 15.7. The molecule has 0 saturated heterocycles. The molecule has 8 heteroatoms. The van der Waals surface area contributed by atoms with Crippen molar-refractivity contribution in [3.05, 3.63) is 69.7 Å². The summed E-state index contributed by atoms with van der Waals surface area (Å²) in [6.07, 6.45) is 6.13. The van der Waals surface area contributed by atoms with Crippen molar-refractivity contribution < 1.29 is 14.3 Å². The highest BCUT2D eigenvalue weighted by molar-refractivity contribution is 7.25. The molecular formula is C28H25N3O4S. The highest BCUT2D eigenvalue weighted by Gasteiger charge is 2.31. The minimum Gasteiger partial charge on any atom is -0.506 e. The van der Waals surface area contributed by atoms with Crippen molar-refractivity contribution in [2.24, 2.45) is 0 Å². The number of aryl methyl sites for hydroxylation is 1. The molecule has 2 aliphatic carbocycles. The number of nitrogens with zero attached hydrogens (tertiary/aromatic N) is 3. The third-order valence-corrected chi connectivity index (χ3v) is 8.37. The second-order valence-corrected chi connectivity index (χ2v) is 10.9. The summed E-state index contributed by atoms with van der Waals surface area (Å²) in [6.45, 7) is 2.10. The molecule has 2 aromatic carbocycles. The van der Waals surface area contributed by atoms with Crippen molar-refractivity contribution in [3.63, 3.8) is 0 Å². The molecule has 0 unspecified atom stereocenters. The molecule has 0 aliphatic heterocycles. The Balaban J connectivity index is 1.49. The second kappa shape index (κ2) is 7.93. The third-order valence-electron chi connectivity index (χ3n) is 7.27. The summed E-state index contributed by atoms with van der Waals surface area (Å²) in [6, 6.07) is 9.73. The first kappa shape index (κ1) is 21.6. The van der Waals surface area contributed by atoms with Crippen LogP contribution >= 0.6 is 11.3 Å². The Kier molecular flexibility index (Phi) is 4.76. The van der Waals surface area contributed by atoms with E-state index in [1.165, 1.54) is 11.3 Å². The van der Waals surface area contributed by atoms with E-state index in [0.717, 1.165) is 59.4 Å². The Hall–Kier alpha value is -3.65. The molecule has 0 bridgehead atoms. The summed E-state index contributed by atoms with van der Waals surface area (Å²) < 4.78 is 13.9. The summed E-state index contributed by atoms with van der Waals surface area (Å²) in [5.74, 6) is 3.81. The summed E-state index contributed by atoms with van der Waals surface area (Å²) in [4.78, 5) is 24.3. The van der Waals surface area contributed by atoms with E-state index >= 15 is 0 Å². The number of ether oxygens (including phenoxy) is 1. The molecule has 7 rings (SSSR count). The number of benzene rings is 2. The van der Waals surface area contributed by atoms with Gasteiger partial charge in [0.25, 0.3) is 5.56 Å². The Bertz CT molecular complexity index is 1720. The molecule has 7 nitrogen and oxygen atoms in total. The van der Waals surface area contributed by atoms with E-state index in [1.54, 1.807) is 17.9 Å². The Labute approximate surface area is 211 Å². The van der Waals surface area contributed by atoms with Crippen LogP contribution in [-0.4, -0.2) is 26.8 Å². The third kappa shape index (κ3) is 3.43. The zero-order valence-electron chi connectivity index (χ0n) is 20.1. The second-order valence-electron chi connectivity index (χ2n) is 9.88. The van der Waals surface area contributed by atoms with Crippen LogP contribution in [0.3, 0.4) is 0 Å². The van der Waals surface area contributed by atoms with Crippen LogP contribution in [0.15, 0.2) is 45.7 Å². The van der Waals surface area contributed by atoms with Crippen LogP contribution in [0.25, 0.3) is 31.7 Å². The van der Waals surface area contributed by atoms with Gasteiger partial charge in [0.1, 0.15) is 27.9 Å². The first-order valence-electron chi connectivity index (χ1n) is 12.3. The predicted octanol–water partition coefficient (Wildman–Crippen LogP) is 6.09. The molecule has 2 fully saturated rings. The monoisotopic (exact) mass is 499 g/mol. The number of aromatic nitrogens is 3. The molecular weight excluding hydrogens is 474 g/mol. The molecule has 2 aliphatic rings. The number of aromatic hydroxyl groups is 1. The van der Waals surface area contributed by atoms with Gasteiger partial charge < -0.3 is 14.3 Å². The number of hydrogen-bond acceptors (Lipinski definition) is 7. The van der Waals surface area contributed by atoms with Gasteiger partial charge in [0, 0.05) is 16.9 Å². The zero-order chi connectivity index (χ0) is 24.6. The highest BCUT2D eigenvalue weighted by atomic mass is 32.1. The maximum absolute atomic E-state index is 14.1. The molecule has 1 N–H and O–H groups in total. The fourth-order valence-electron chi connectivity index (χ4n) is 4.93. The standard InChI is InChI=1S/C28H25N3O4S/c1-14-3-9-20-22-27(36-24(20)23(14)32)30-25(19-10-8-17(34-2)11-21(19)15-4-5-15)31(28(22)33)13-18-12-29-26(35-18)16-6-7-16/h3,8-12,15-16,32H,4-7,13H2,1-2H3. The van der Waals surface area contributed by atoms with Crippen LogP contribution in [-0.2, 0) is 6.54 Å². The largest absolute Gasteiger partial charge is 0.506 e. The first-order chi connectivity index (χ1) is 17.5. The average molecular weight is 500 g/mol. The molecule has 2 saturated carbocycles. The van der Waals surface area contributed by atoms with Gasteiger partial charge >= 0.3 is 0 Å². The fourth-order valence-corrected chi connectivity index (χ4v) is 6.09. The van der Waals surface area contributed by atoms with Gasteiger partial charge in [-0.3, -0.25) is 9.36 Å². The van der Waals surface area contributed by atoms with E-state index in [0.29, 0.717) is 38.3 Å². The zero-order valence-corrected chi connectivity index (χ0v) is 20.9. The van der Waals surface area contributed by atoms with Gasteiger partial charge in [0.15, 0.2) is 5.89 Å². The topological polar surface area (TPSA) is 90.4 Å². The van der Waals surface area contributed by atoms with Crippen molar-refractivity contribution in [2.75, 3.05) is 7.11 Å². The van der Waals surface area contributed by atoms with Crippen LogP contribution in [0.1, 0.15) is 60.3 Å². The fraction of sp³-hybridized carbons (Fsp3) is 0.321. The van der Waals surface area contributed by atoms with Crippen molar-refractivity contribution in [2.45, 2.75) is 51.0 Å². The van der Waals surface area contributed by atoms with Gasteiger partial charge in [0.2, 0.25) is 0 Å². The molecule has 0 atom stereocenters. The summed E-state index contributed by atoms with van der Waals surface area (Å²) in [5.41, 5.74) is 2.70. The van der Waals surface area contributed by atoms with Gasteiger partial charge in [-0.2, -0.15) is 0 Å². The van der Waals surface area contributed by atoms with Crippen molar-refractivity contribution in [1.82, 2.24) is 14.5 Å². The summed E-state index contributed by atoms with van der Waals surface area (Å²) in [5, 5.41) is 12.0. The summed E-state index contributed by atoms with van der Waals surface area (Å²) in [7, 11) is 1.67. The van der Waals surface area contributed by atoms with E-state index in [2.05, 4.69) is 11.1 Å². The van der Waals surface area contributed by atoms with Crippen molar-refractivity contribution in [1.29, 1.82) is 0 Å². The van der Waals surface area contributed by atoms with E-state index < -0.39 is 0 Å². The predicted molar refractivity (Wildman–Crippen MR) is 139 cm³/mol. The first-order valence-corrected chi connectivity index (χ1v) is 13.1. The van der Waals surface area contributed by atoms with Gasteiger partial charge in [-0.15, -0.1) is 11.3 Å². The maximum atomic E-state index is 14.1. The van der Waals surface area contributed by atoms with E-state index in [9.17, 15) is 9.90 Å². The van der Waals surface area contributed by atoms with Crippen LogP contribution in [0.5, 0.6) is 11.5 Å². The molecule has 0 radical (unpaired) electrons. The Morgan fingerprint density at radius 3 is 2.72 bits per heavy atom. The van der Waals surface area contributed by atoms with Crippen molar-refractivity contribution in [3.8, 4) is 22.9 Å². The van der Waals surface area contributed by atoms with Crippen LogP contribution < -0.4 is 10.3 Å². The molecule has 3 aromatic heterocycles. The summed E-state index contributed by atoms with van der Waals surface area (Å²) >= 11 is 1.36. The minimum atomic E-state index is -0.147. The van der Waals surface area contributed by atoms with Crippen LogP contribution in [0.4, 0.5) is 0 Å². The van der Waals surface area contributed by atoms with Gasteiger partial charge in [-0.25, -0.2) is 9.97 Å². The number of oxazole rings is 1. The lowest BCUT2D eigenvalue weighted by Crippen LogP contribution is -2.24.